The molecule has 0 saturated carbocycles. The van der Waals surface area contributed by atoms with Crippen LogP contribution in [-0.4, -0.2) is 26.2 Å². The highest BCUT2D eigenvalue weighted by molar-refractivity contribution is 5.69. The molecule has 0 fully saturated rings. The Kier molecular flexibility index (Phi) is 6.80. The lowest BCUT2D eigenvalue weighted by Crippen LogP contribution is -2.07. The predicted octanol–water partition coefficient (Wildman–Crippen LogP) is 1.53. The third kappa shape index (κ3) is 6.46. The van der Waals surface area contributed by atoms with Crippen molar-refractivity contribution >= 4 is 11.9 Å². The molecule has 0 aliphatic rings. The Morgan fingerprint density at radius 3 is 1.64 bits per heavy atom. The summed E-state index contributed by atoms with van der Waals surface area (Å²) in [6.07, 6.45) is 2.34. The molecular formula is C10H18O4. The summed E-state index contributed by atoms with van der Waals surface area (Å²) in [5, 5.41) is 0. The molecule has 0 spiro atoms. The van der Waals surface area contributed by atoms with Crippen LogP contribution in [0.2, 0.25) is 0 Å². The largest absolute Gasteiger partial charge is 0.469 e. The first-order chi connectivity index (χ1) is 6.60. The number of hydrogen-bond donors (Lipinski definition) is 0. The molecule has 0 aromatic carbocycles. The minimum Gasteiger partial charge on any atom is -0.469 e. The van der Waals surface area contributed by atoms with Gasteiger partial charge in [0.25, 0.3) is 0 Å². The second-order valence-corrected chi connectivity index (χ2v) is 3.33. The molecule has 0 radical (unpaired) electrons. The molecule has 4 nitrogen and oxygen atoms in total. The van der Waals surface area contributed by atoms with E-state index in [4.69, 9.17) is 0 Å². The van der Waals surface area contributed by atoms with E-state index in [1.54, 1.807) is 0 Å². The summed E-state index contributed by atoms with van der Waals surface area (Å²) in [5.41, 5.74) is 0. The van der Waals surface area contributed by atoms with Gasteiger partial charge in [0.1, 0.15) is 0 Å². The van der Waals surface area contributed by atoms with Gasteiger partial charge in [0.05, 0.1) is 14.2 Å². The summed E-state index contributed by atoms with van der Waals surface area (Å²) in [7, 11) is 2.75. The SMILES string of the molecule is COC(=O)CCC(C)CCC(=O)OC. The molecule has 0 bridgehead atoms. The Labute approximate surface area is 84.6 Å². The molecule has 0 aromatic heterocycles. The third-order valence-electron chi connectivity index (χ3n) is 2.14. The smallest absolute Gasteiger partial charge is 0.305 e. The number of carbonyl (C=O) groups excluding carboxylic acids is 2. The molecule has 0 aliphatic heterocycles. The monoisotopic (exact) mass is 202 g/mol. The lowest BCUT2D eigenvalue weighted by atomic mass is 10.00. The van der Waals surface area contributed by atoms with Gasteiger partial charge >= 0.3 is 11.9 Å². The Hall–Kier alpha value is -1.06. The fourth-order valence-electron chi connectivity index (χ4n) is 1.08. The summed E-state index contributed by atoms with van der Waals surface area (Å²) in [6.45, 7) is 2.01. The van der Waals surface area contributed by atoms with E-state index in [0.717, 1.165) is 12.8 Å². The number of ether oxygens (including phenoxy) is 2. The van der Waals surface area contributed by atoms with E-state index in [2.05, 4.69) is 9.47 Å². The van der Waals surface area contributed by atoms with Crippen LogP contribution < -0.4 is 0 Å². The summed E-state index contributed by atoms with van der Waals surface area (Å²) in [4.78, 5) is 21.6. The van der Waals surface area contributed by atoms with Crippen molar-refractivity contribution in [1.29, 1.82) is 0 Å². The van der Waals surface area contributed by atoms with Crippen LogP contribution in [0.25, 0.3) is 0 Å². The van der Waals surface area contributed by atoms with Gasteiger partial charge in [0.15, 0.2) is 0 Å². The standard InChI is InChI=1S/C10H18O4/c1-8(4-6-9(11)13-2)5-7-10(12)14-3/h8H,4-7H2,1-3H3. The fraction of sp³-hybridized carbons (Fsp3) is 0.800. The van der Waals surface area contributed by atoms with Crippen molar-refractivity contribution < 1.29 is 19.1 Å². The molecule has 0 saturated heterocycles. The van der Waals surface area contributed by atoms with Gasteiger partial charge in [-0.2, -0.15) is 0 Å². The van der Waals surface area contributed by atoms with E-state index in [9.17, 15) is 9.59 Å². The van der Waals surface area contributed by atoms with E-state index in [-0.39, 0.29) is 11.9 Å². The summed E-state index contributed by atoms with van der Waals surface area (Å²) >= 11 is 0. The Bertz CT molecular complexity index is 169. The number of hydrogen-bond acceptors (Lipinski definition) is 4. The summed E-state index contributed by atoms with van der Waals surface area (Å²) in [6, 6.07) is 0. The van der Waals surface area contributed by atoms with Crippen LogP contribution in [0.1, 0.15) is 32.6 Å². The van der Waals surface area contributed by atoms with Crippen LogP contribution in [0.4, 0.5) is 0 Å². The lowest BCUT2D eigenvalue weighted by molar-refractivity contribution is -0.141. The zero-order valence-corrected chi connectivity index (χ0v) is 9.04. The van der Waals surface area contributed by atoms with Gasteiger partial charge in [-0.15, -0.1) is 0 Å². The van der Waals surface area contributed by atoms with Crippen molar-refractivity contribution in [1.82, 2.24) is 0 Å². The summed E-state index contributed by atoms with van der Waals surface area (Å²) in [5.74, 6) is -0.0574. The first kappa shape index (κ1) is 12.9. The van der Waals surface area contributed by atoms with Gasteiger partial charge in [-0.05, 0) is 18.8 Å². The second-order valence-electron chi connectivity index (χ2n) is 3.33. The van der Waals surface area contributed by atoms with E-state index in [1.807, 2.05) is 6.92 Å². The Morgan fingerprint density at radius 1 is 1.00 bits per heavy atom. The molecule has 0 aliphatic carbocycles. The molecule has 14 heavy (non-hydrogen) atoms. The molecule has 4 heteroatoms. The highest BCUT2D eigenvalue weighted by atomic mass is 16.5. The number of esters is 2. The highest BCUT2D eigenvalue weighted by Gasteiger charge is 2.09. The minimum absolute atomic E-state index is 0.199. The first-order valence-electron chi connectivity index (χ1n) is 4.73. The quantitative estimate of drug-likeness (QED) is 0.613. The normalized spacial score (nSPS) is 10.0. The lowest BCUT2D eigenvalue weighted by Gasteiger charge is -2.08. The zero-order chi connectivity index (χ0) is 11.0. The minimum atomic E-state index is -0.199. The van der Waals surface area contributed by atoms with Gasteiger partial charge in [-0.25, -0.2) is 0 Å². The first-order valence-corrected chi connectivity index (χ1v) is 4.73. The van der Waals surface area contributed by atoms with Crippen LogP contribution in [0.15, 0.2) is 0 Å². The average molecular weight is 202 g/mol. The van der Waals surface area contributed by atoms with Crippen LogP contribution in [0, 0.1) is 5.92 Å². The molecule has 0 N–H and O–H groups in total. The molecule has 0 atom stereocenters. The average Bonchev–Trinajstić information content (AvgIpc) is 2.22. The Balaban J connectivity index is 3.50. The van der Waals surface area contributed by atoms with E-state index >= 15 is 0 Å². The van der Waals surface area contributed by atoms with Crippen molar-refractivity contribution in [3.8, 4) is 0 Å². The number of methoxy groups -OCH3 is 2. The van der Waals surface area contributed by atoms with Gasteiger partial charge in [-0.3, -0.25) is 9.59 Å². The van der Waals surface area contributed by atoms with E-state index < -0.39 is 0 Å². The van der Waals surface area contributed by atoms with Crippen LogP contribution in [0.3, 0.4) is 0 Å². The second kappa shape index (κ2) is 7.35. The number of carbonyl (C=O) groups is 2. The molecule has 0 unspecified atom stereocenters. The van der Waals surface area contributed by atoms with Crippen LogP contribution in [-0.2, 0) is 19.1 Å². The molecule has 0 heterocycles. The maximum Gasteiger partial charge on any atom is 0.305 e. The summed E-state index contributed by atoms with van der Waals surface area (Å²) < 4.78 is 9.03. The van der Waals surface area contributed by atoms with Crippen molar-refractivity contribution in [3.05, 3.63) is 0 Å². The van der Waals surface area contributed by atoms with Crippen molar-refractivity contribution in [2.75, 3.05) is 14.2 Å². The predicted molar refractivity (Wildman–Crippen MR) is 51.7 cm³/mol. The van der Waals surface area contributed by atoms with Crippen LogP contribution in [0.5, 0.6) is 0 Å². The molecular weight excluding hydrogens is 184 g/mol. The zero-order valence-electron chi connectivity index (χ0n) is 9.04. The molecule has 0 rings (SSSR count). The topological polar surface area (TPSA) is 52.6 Å². The van der Waals surface area contributed by atoms with Crippen molar-refractivity contribution in [2.24, 2.45) is 5.92 Å². The van der Waals surface area contributed by atoms with Gasteiger partial charge in [0, 0.05) is 12.8 Å². The van der Waals surface area contributed by atoms with Crippen molar-refractivity contribution in [3.63, 3.8) is 0 Å². The Morgan fingerprint density at radius 2 is 1.36 bits per heavy atom. The van der Waals surface area contributed by atoms with E-state index in [1.165, 1.54) is 14.2 Å². The molecule has 82 valence electrons. The number of rotatable bonds is 6. The maximum absolute atomic E-state index is 10.8. The maximum atomic E-state index is 10.8. The van der Waals surface area contributed by atoms with Crippen molar-refractivity contribution in [2.45, 2.75) is 32.6 Å². The molecule has 0 aromatic rings. The van der Waals surface area contributed by atoms with Gasteiger partial charge < -0.3 is 9.47 Å². The third-order valence-corrected chi connectivity index (χ3v) is 2.14. The van der Waals surface area contributed by atoms with Crippen LogP contribution >= 0.6 is 0 Å². The van der Waals surface area contributed by atoms with Gasteiger partial charge in [0.2, 0.25) is 0 Å². The van der Waals surface area contributed by atoms with E-state index in [0.29, 0.717) is 18.8 Å². The molecule has 0 amide bonds. The highest BCUT2D eigenvalue weighted by Crippen LogP contribution is 2.13. The van der Waals surface area contributed by atoms with Gasteiger partial charge in [-0.1, -0.05) is 6.92 Å². The fourth-order valence-corrected chi connectivity index (χ4v) is 1.08.